The van der Waals surface area contributed by atoms with E-state index in [0.29, 0.717) is 0 Å². The van der Waals surface area contributed by atoms with E-state index in [1.165, 1.54) is 5.70 Å². The SMILES string of the molecule is C/C=C(/CC)N(C)C.Cl. The molecular formula is C7H16ClN. The number of hydrogen-bond acceptors (Lipinski definition) is 1. The lowest BCUT2D eigenvalue weighted by Crippen LogP contribution is -2.09. The van der Waals surface area contributed by atoms with Crippen molar-refractivity contribution in [1.29, 1.82) is 0 Å². The third-order valence-electron chi connectivity index (χ3n) is 1.27. The number of hydrogen-bond donors (Lipinski definition) is 0. The molecule has 1 nitrogen and oxygen atoms in total. The third-order valence-corrected chi connectivity index (χ3v) is 1.27. The summed E-state index contributed by atoms with van der Waals surface area (Å²) in [5.41, 5.74) is 1.39. The Bertz CT molecular complexity index is 86.9. The first-order valence-electron chi connectivity index (χ1n) is 3.04. The number of halogens is 1. The predicted molar refractivity (Wildman–Crippen MR) is 45.0 cm³/mol. The van der Waals surface area contributed by atoms with Gasteiger partial charge in [0.15, 0.2) is 0 Å². The second kappa shape index (κ2) is 5.96. The zero-order valence-corrected chi connectivity index (χ0v) is 7.46. The van der Waals surface area contributed by atoms with Gasteiger partial charge in [-0.2, -0.15) is 0 Å². The first kappa shape index (κ1) is 11.6. The molecule has 0 atom stereocenters. The van der Waals surface area contributed by atoms with Crippen LogP contribution in [0.15, 0.2) is 11.8 Å². The van der Waals surface area contributed by atoms with Crippen LogP contribution in [0.3, 0.4) is 0 Å². The molecule has 0 bridgehead atoms. The molecule has 0 saturated heterocycles. The molecule has 0 aliphatic rings. The lowest BCUT2D eigenvalue weighted by Gasteiger charge is -2.13. The fraction of sp³-hybridized carbons (Fsp3) is 0.714. The molecule has 0 aromatic carbocycles. The van der Waals surface area contributed by atoms with Crippen molar-refractivity contribution in [1.82, 2.24) is 4.90 Å². The summed E-state index contributed by atoms with van der Waals surface area (Å²) in [6, 6.07) is 0. The van der Waals surface area contributed by atoms with Gasteiger partial charge in [0.25, 0.3) is 0 Å². The molecule has 0 spiro atoms. The van der Waals surface area contributed by atoms with Gasteiger partial charge in [-0.3, -0.25) is 0 Å². The molecule has 0 heterocycles. The lowest BCUT2D eigenvalue weighted by atomic mass is 10.3. The van der Waals surface area contributed by atoms with E-state index in [9.17, 15) is 0 Å². The standard InChI is InChI=1S/C7H15N.ClH/c1-5-7(6-2)8(3)4;/h5H,6H2,1-4H3;1H/b7-5-;. The minimum Gasteiger partial charge on any atom is -0.381 e. The molecule has 0 N–H and O–H groups in total. The van der Waals surface area contributed by atoms with Crippen molar-refractivity contribution in [2.75, 3.05) is 14.1 Å². The highest BCUT2D eigenvalue weighted by Crippen LogP contribution is 2.01. The topological polar surface area (TPSA) is 3.24 Å². The average molecular weight is 150 g/mol. The molecule has 0 aliphatic carbocycles. The molecule has 0 radical (unpaired) electrons. The van der Waals surface area contributed by atoms with Gasteiger partial charge in [-0.05, 0) is 13.3 Å². The van der Waals surface area contributed by atoms with E-state index in [0.717, 1.165) is 6.42 Å². The summed E-state index contributed by atoms with van der Waals surface area (Å²) < 4.78 is 0. The second-order valence-corrected chi connectivity index (χ2v) is 2.03. The Morgan fingerprint density at radius 3 is 1.89 bits per heavy atom. The van der Waals surface area contributed by atoms with Gasteiger partial charge in [0.1, 0.15) is 0 Å². The zero-order valence-electron chi connectivity index (χ0n) is 6.64. The van der Waals surface area contributed by atoms with Crippen LogP contribution in [-0.2, 0) is 0 Å². The van der Waals surface area contributed by atoms with Crippen LogP contribution in [0.1, 0.15) is 20.3 Å². The van der Waals surface area contributed by atoms with Crippen molar-refractivity contribution in [3.05, 3.63) is 11.8 Å². The molecule has 56 valence electrons. The molecular weight excluding hydrogens is 134 g/mol. The predicted octanol–water partition coefficient (Wildman–Crippen LogP) is 2.28. The van der Waals surface area contributed by atoms with Crippen LogP contribution in [0.5, 0.6) is 0 Å². The van der Waals surface area contributed by atoms with Crippen LogP contribution in [0.4, 0.5) is 0 Å². The second-order valence-electron chi connectivity index (χ2n) is 2.03. The number of rotatable bonds is 2. The number of allylic oxidation sites excluding steroid dienone is 2. The first-order valence-corrected chi connectivity index (χ1v) is 3.04. The van der Waals surface area contributed by atoms with Gasteiger partial charge in [0.2, 0.25) is 0 Å². The van der Waals surface area contributed by atoms with E-state index in [2.05, 4.69) is 38.9 Å². The molecule has 0 aliphatic heterocycles. The van der Waals surface area contributed by atoms with E-state index >= 15 is 0 Å². The molecule has 0 rings (SSSR count). The highest BCUT2D eigenvalue weighted by Gasteiger charge is 1.90. The van der Waals surface area contributed by atoms with Crippen LogP contribution < -0.4 is 0 Å². The highest BCUT2D eigenvalue weighted by atomic mass is 35.5. The minimum atomic E-state index is 0. The van der Waals surface area contributed by atoms with Crippen molar-refractivity contribution < 1.29 is 0 Å². The Kier molecular flexibility index (Phi) is 7.68. The van der Waals surface area contributed by atoms with Crippen molar-refractivity contribution in [3.8, 4) is 0 Å². The van der Waals surface area contributed by atoms with Crippen LogP contribution in [-0.4, -0.2) is 19.0 Å². The van der Waals surface area contributed by atoms with Crippen LogP contribution in [0, 0.1) is 0 Å². The van der Waals surface area contributed by atoms with Crippen molar-refractivity contribution in [2.45, 2.75) is 20.3 Å². The zero-order chi connectivity index (χ0) is 6.57. The third kappa shape index (κ3) is 4.34. The molecule has 0 saturated carbocycles. The van der Waals surface area contributed by atoms with Crippen molar-refractivity contribution in [2.24, 2.45) is 0 Å². The average Bonchev–Trinajstić information content (AvgIpc) is 1.69. The summed E-state index contributed by atoms with van der Waals surface area (Å²) in [5, 5.41) is 0. The molecule has 0 amide bonds. The van der Waals surface area contributed by atoms with E-state index in [1.54, 1.807) is 0 Å². The van der Waals surface area contributed by atoms with E-state index < -0.39 is 0 Å². The maximum absolute atomic E-state index is 2.16. The summed E-state index contributed by atoms with van der Waals surface area (Å²) >= 11 is 0. The van der Waals surface area contributed by atoms with Crippen LogP contribution in [0.2, 0.25) is 0 Å². The van der Waals surface area contributed by atoms with Crippen molar-refractivity contribution >= 4 is 12.4 Å². The Morgan fingerprint density at radius 1 is 1.44 bits per heavy atom. The van der Waals surface area contributed by atoms with E-state index in [1.807, 2.05) is 0 Å². The quantitative estimate of drug-likeness (QED) is 0.583. The Morgan fingerprint density at radius 2 is 1.89 bits per heavy atom. The largest absolute Gasteiger partial charge is 0.381 e. The van der Waals surface area contributed by atoms with Gasteiger partial charge >= 0.3 is 0 Å². The van der Waals surface area contributed by atoms with E-state index in [-0.39, 0.29) is 12.4 Å². The molecule has 0 unspecified atom stereocenters. The summed E-state index contributed by atoms with van der Waals surface area (Å²) in [5.74, 6) is 0. The molecule has 2 heteroatoms. The molecule has 9 heavy (non-hydrogen) atoms. The van der Waals surface area contributed by atoms with E-state index in [4.69, 9.17) is 0 Å². The normalized spacial score (nSPS) is 10.4. The lowest BCUT2D eigenvalue weighted by molar-refractivity contribution is 0.493. The summed E-state index contributed by atoms with van der Waals surface area (Å²) in [6.07, 6.45) is 3.27. The molecule has 0 aromatic heterocycles. The van der Waals surface area contributed by atoms with Crippen molar-refractivity contribution in [3.63, 3.8) is 0 Å². The van der Waals surface area contributed by atoms with Crippen LogP contribution >= 0.6 is 12.4 Å². The Labute approximate surface area is 64.2 Å². The molecule has 0 aromatic rings. The minimum absolute atomic E-state index is 0. The van der Waals surface area contributed by atoms with Gasteiger partial charge in [-0.1, -0.05) is 13.0 Å². The Balaban J connectivity index is 0. The van der Waals surface area contributed by atoms with Gasteiger partial charge in [-0.15, -0.1) is 12.4 Å². The Hall–Kier alpha value is -0.170. The summed E-state index contributed by atoms with van der Waals surface area (Å²) in [6.45, 7) is 4.23. The highest BCUT2D eigenvalue weighted by molar-refractivity contribution is 5.85. The van der Waals surface area contributed by atoms with Gasteiger partial charge < -0.3 is 4.90 Å². The van der Waals surface area contributed by atoms with Gasteiger partial charge in [0, 0.05) is 19.8 Å². The monoisotopic (exact) mass is 149 g/mol. The summed E-state index contributed by atoms with van der Waals surface area (Å²) in [7, 11) is 4.14. The molecule has 0 fully saturated rings. The fourth-order valence-electron chi connectivity index (χ4n) is 0.779. The summed E-state index contributed by atoms with van der Waals surface area (Å²) in [4.78, 5) is 2.14. The van der Waals surface area contributed by atoms with Gasteiger partial charge in [-0.25, -0.2) is 0 Å². The van der Waals surface area contributed by atoms with Crippen LogP contribution in [0.25, 0.3) is 0 Å². The fourth-order valence-corrected chi connectivity index (χ4v) is 0.779. The smallest absolute Gasteiger partial charge is 0.00813 e. The maximum Gasteiger partial charge on any atom is 0.00813 e. The first-order chi connectivity index (χ1) is 3.72. The number of nitrogens with zero attached hydrogens (tertiary/aromatic N) is 1. The van der Waals surface area contributed by atoms with Gasteiger partial charge in [0.05, 0.1) is 0 Å². The maximum atomic E-state index is 2.16.